The van der Waals surface area contributed by atoms with Crippen LogP contribution < -0.4 is 16.0 Å². The molecule has 2 saturated carbocycles. The fraction of sp³-hybridized carbons (Fsp3) is 0.400. The molecule has 2 atom stereocenters. The van der Waals surface area contributed by atoms with Crippen molar-refractivity contribution in [3.8, 4) is 0 Å². The van der Waals surface area contributed by atoms with Gasteiger partial charge in [0.15, 0.2) is 0 Å². The molecule has 4 aromatic rings. The van der Waals surface area contributed by atoms with E-state index in [4.69, 9.17) is 0 Å². The van der Waals surface area contributed by atoms with Gasteiger partial charge in [0.05, 0.1) is 5.69 Å². The summed E-state index contributed by atoms with van der Waals surface area (Å²) >= 11 is 0. The van der Waals surface area contributed by atoms with E-state index < -0.39 is 48.3 Å². The minimum Gasteiger partial charge on any atom is -0.345 e. The minimum absolute atomic E-state index is 0.0935. The minimum atomic E-state index is -4.66. The number of nitrogens with zero attached hydrogens (tertiary/aromatic N) is 3. The highest BCUT2D eigenvalue weighted by Gasteiger charge is 2.48. The number of anilines is 1. The summed E-state index contributed by atoms with van der Waals surface area (Å²) in [6, 6.07) is 21.3. The van der Waals surface area contributed by atoms with Crippen LogP contribution in [0.1, 0.15) is 78.8 Å². The van der Waals surface area contributed by atoms with Gasteiger partial charge in [0.2, 0.25) is 11.8 Å². The van der Waals surface area contributed by atoms with Crippen LogP contribution in [-0.2, 0) is 22.7 Å². The SMILES string of the molecule is CC(C)n1nccc1C(=O)N[C@H](C(=O)Nc1ccc(C(C(=O)NCC(F)(F)F)N(Cc2ccccc2)Cc2ccccc2)cc1F)C(C1CC1)C1CC1. The first-order valence-corrected chi connectivity index (χ1v) is 18.0. The van der Waals surface area contributed by atoms with Gasteiger partial charge in [-0.2, -0.15) is 18.3 Å². The van der Waals surface area contributed by atoms with Crippen molar-refractivity contribution in [3.63, 3.8) is 0 Å². The van der Waals surface area contributed by atoms with Gasteiger partial charge in [0.1, 0.15) is 30.1 Å². The van der Waals surface area contributed by atoms with Gasteiger partial charge in [-0.3, -0.25) is 24.0 Å². The lowest BCUT2D eigenvalue weighted by atomic mass is 9.88. The van der Waals surface area contributed by atoms with E-state index in [1.807, 2.05) is 79.8 Å². The van der Waals surface area contributed by atoms with Crippen LogP contribution >= 0.6 is 0 Å². The van der Waals surface area contributed by atoms with E-state index in [-0.39, 0.29) is 48.1 Å². The van der Waals surface area contributed by atoms with Gasteiger partial charge < -0.3 is 16.0 Å². The van der Waals surface area contributed by atoms with Gasteiger partial charge in [-0.1, -0.05) is 66.7 Å². The maximum Gasteiger partial charge on any atom is 0.405 e. The van der Waals surface area contributed by atoms with Crippen molar-refractivity contribution in [2.45, 2.75) is 76.9 Å². The summed E-state index contributed by atoms with van der Waals surface area (Å²) in [6.45, 7) is 2.56. The maximum atomic E-state index is 16.1. The molecule has 0 bridgehead atoms. The predicted octanol–water partition coefficient (Wildman–Crippen LogP) is 7.20. The number of nitrogens with one attached hydrogen (secondary N) is 3. The number of amides is 3. The summed E-state index contributed by atoms with van der Waals surface area (Å²) in [4.78, 5) is 42.9. The summed E-state index contributed by atoms with van der Waals surface area (Å²) in [5.74, 6) is -2.45. The number of rotatable bonds is 16. The van der Waals surface area contributed by atoms with Crippen LogP contribution in [0.4, 0.5) is 23.2 Å². The summed E-state index contributed by atoms with van der Waals surface area (Å²) in [7, 11) is 0. The lowest BCUT2D eigenvalue weighted by Gasteiger charge is -2.32. The Kier molecular flexibility index (Phi) is 11.6. The normalized spacial score (nSPS) is 15.7. The highest BCUT2D eigenvalue weighted by Crippen LogP contribution is 2.51. The number of aromatic nitrogens is 2. The van der Waals surface area contributed by atoms with Crippen LogP contribution in [0.5, 0.6) is 0 Å². The fourth-order valence-electron chi connectivity index (χ4n) is 7.05. The number of hydrogen-bond donors (Lipinski definition) is 3. The topological polar surface area (TPSA) is 108 Å². The Morgan fingerprint density at radius 3 is 1.94 bits per heavy atom. The molecule has 1 unspecified atom stereocenters. The number of carbonyl (C=O) groups is 3. The van der Waals surface area contributed by atoms with Gasteiger partial charge in [0, 0.05) is 25.3 Å². The number of alkyl halides is 3. The first kappa shape index (κ1) is 37.7. The molecule has 0 spiro atoms. The average molecular weight is 733 g/mol. The standard InChI is InChI=1S/C40H44F4N6O3/c1-25(2)50-33(19-20-46-50)37(51)48-35(34(28-13-14-28)29-15-16-29)38(52)47-32-18-17-30(21-31(32)41)36(39(53)45-24-40(42,43)44)49(22-26-9-5-3-6-10-26)23-27-11-7-4-8-12-27/h3-12,17-21,25,28-29,34-36H,13-16,22-24H2,1-2H3,(H,45,53)(H,47,52)(H,48,51)/t35-,36?/m0/s1. The van der Waals surface area contributed by atoms with Crippen LogP contribution in [0.3, 0.4) is 0 Å². The number of carbonyl (C=O) groups excluding carboxylic acids is 3. The van der Waals surface area contributed by atoms with Gasteiger partial charge in [-0.15, -0.1) is 0 Å². The summed E-state index contributed by atoms with van der Waals surface area (Å²) in [6.07, 6.45) is 0.615. The van der Waals surface area contributed by atoms with E-state index in [1.54, 1.807) is 15.6 Å². The van der Waals surface area contributed by atoms with Crippen molar-refractivity contribution < 1.29 is 31.9 Å². The molecule has 3 amide bonds. The van der Waals surface area contributed by atoms with Gasteiger partial charge in [-0.25, -0.2) is 4.39 Å². The Bertz CT molecular complexity index is 1820. The lowest BCUT2D eigenvalue weighted by molar-refractivity contribution is -0.142. The van der Waals surface area contributed by atoms with Crippen LogP contribution in [0.2, 0.25) is 0 Å². The van der Waals surface area contributed by atoms with Crippen LogP contribution in [0, 0.1) is 23.6 Å². The van der Waals surface area contributed by atoms with E-state index in [9.17, 15) is 27.6 Å². The number of hydrogen-bond acceptors (Lipinski definition) is 5. The van der Waals surface area contributed by atoms with Gasteiger partial charge in [-0.05, 0) is 92.2 Å². The molecule has 3 N–H and O–H groups in total. The zero-order valence-electron chi connectivity index (χ0n) is 29.7. The molecule has 13 heteroatoms. The molecule has 0 radical (unpaired) electrons. The summed E-state index contributed by atoms with van der Waals surface area (Å²) in [5, 5.41) is 11.9. The monoisotopic (exact) mass is 732 g/mol. The van der Waals surface area contributed by atoms with E-state index >= 15 is 4.39 Å². The first-order valence-electron chi connectivity index (χ1n) is 18.0. The summed E-state index contributed by atoms with van der Waals surface area (Å²) in [5.41, 5.74) is 1.83. The zero-order chi connectivity index (χ0) is 37.7. The molecule has 2 aliphatic carbocycles. The number of benzene rings is 3. The Labute approximate surface area is 306 Å². The molecule has 0 saturated heterocycles. The quantitative estimate of drug-likeness (QED) is 0.106. The molecule has 2 aliphatic rings. The first-order chi connectivity index (χ1) is 25.4. The van der Waals surface area contributed by atoms with Crippen molar-refractivity contribution in [2.75, 3.05) is 11.9 Å². The Morgan fingerprint density at radius 1 is 0.849 bits per heavy atom. The van der Waals surface area contributed by atoms with Crippen molar-refractivity contribution in [1.82, 2.24) is 25.3 Å². The third kappa shape index (κ3) is 9.89. The van der Waals surface area contributed by atoms with Crippen molar-refractivity contribution in [1.29, 1.82) is 0 Å². The third-order valence-corrected chi connectivity index (χ3v) is 9.78. The maximum absolute atomic E-state index is 16.1. The molecule has 280 valence electrons. The molecule has 1 aromatic heterocycles. The van der Waals surface area contributed by atoms with E-state index in [2.05, 4.69) is 15.7 Å². The highest BCUT2D eigenvalue weighted by molar-refractivity contribution is 6.01. The molecule has 6 rings (SSSR count). The zero-order valence-corrected chi connectivity index (χ0v) is 29.7. The Hall–Kier alpha value is -5.04. The Morgan fingerprint density at radius 2 is 1.43 bits per heavy atom. The predicted molar refractivity (Wildman–Crippen MR) is 192 cm³/mol. The molecule has 3 aromatic carbocycles. The largest absolute Gasteiger partial charge is 0.405 e. The van der Waals surface area contributed by atoms with Crippen molar-refractivity contribution in [3.05, 3.63) is 119 Å². The number of halogens is 4. The van der Waals surface area contributed by atoms with Gasteiger partial charge >= 0.3 is 6.18 Å². The van der Waals surface area contributed by atoms with E-state index in [0.717, 1.165) is 42.9 Å². The van der Waals surface area contributed by atoms with E-state index in [0.29, 0.717) is 5.69 Å². The van der Waals surface area contributed by atoms with Crippen molar-refractivity contribution in [2.24, 2.45) is 17.8 Å². The average Bonchev–Trinajstić information content (AvgIpc) is 4.07. The second kappa shape index (κ2) is 16.3. The van der Waals surface area contributed by atoms with Gasteiger partial charge in [0.25, 0.3) is 5.91 Å². The lowest BCUT2D eigenvalue weighted by Crippen LogP contribution is -2.50. The van der Waals surface area contributed by atoms with Crippen LogP contribution in [0.15, 0.2) is 91.1 Å². The Balaban J connectivity index is 1.29. The van der Waals surface area contributed by atoms with E-state index in [1.165, 1.54) is 18.3 Å². The second-order valence-corrected chi connectivity index (χ2v) is 14.3. The van der Waals surface area contributed by atoms with Crippen LogP contribution in [-0.4, -0.2) is 51.2 Å². The second-order valence-electron chi connectivity index (χ2n) is 14.3. The molecule has 0 aliphatic heterocycles. The molecule has 9 nitrogen and oxygen atoms in total. The highest BCUT2D eigenvalue weighted by atomic mass is 19.4. The third-order valence-electron chi connectivity index (χ3n) is 9.78. The fourth-order valence-corrected chi connectivity index (χ4v) is 7.05. The molecule has 2 fully saturated rings. The molecular formula is C40H44F4N6O3. The van der Waals surface area contributed by atoms with Crippen molar-refractivity contribution >= 4 is 23.4 Å². The molecular weight excluding hydrogens is 688 g/mol. The summed E-state index contributed by atoms with van der Waals surface area (Å²) < 4.78 is 57.6. The molecule has 1 heterocycles. The smallest absolute Gasteiger partial charge is 0.345 e. The molecule has 53 heavy (non-hydrogen) atoms. The van der Waals surface area contributed by atoms with Crippen LogP contribution in [0.25, 0.3) is 0 Å².